The van der Waals surface area contributed by atoms with Crippen molar-refractivity contribution in [3.63, 3.8) is 0 Å². The van der Waals surface area contributed by atoms with Gasteiger partial charge in [0, 0.05) is 67.8 Å². The Labute approximate surface area is 299 Å². The first kappa shape index (κ1) is 28.6. The van der Waals surface area contributed by atoms with E-state index < -0.39 is 0 Å². The molecule has 0 saturated carbocycles. The molecule has 0 radical (unpaired) electrons. The van der Waals surface area contributed by atoms with Gasteiger partial charge < -0.3 is 4.42 Å². The predicted molar refractivity (Wildman–Crippen MR) is 215 cm³/mol. The first-order valence-electron chi connectivity index (χ1n) is 16.8. The molecule has 4 aromatic heterocycles. The van der Waals surface area contributed by atoms with Gasteiger partial charge >= 0.3 is 0 Å². The Morgan fingerprint density at radius 3 is 1.78 bits per heavy atom. The average molecular weight is 688 g/mol. The zero-order valence-corrected chi connectivity index (χ0v) is 28.6. The van der Waals surface area contributed by atoms with E-state index in [2.05, 4.69) is 121 Å². The van der Waals surface area contributed by atoms with Crippen LogP contribution in [-0.2, 0) is 0 Å². The Morgan fingerprint density at radius 1 is 0.353 bits per heavy atom. The Morgan fingerprint density at radius 2 is 0.961 bits per heavy atom. The Hall–Kier alpha value is -6.21. The highest BCUT2D eigenvalue weighted by Gasteiger charge is 2.17. The van der Waals surface area contributed by atoms with Gasteiger partial charge in [0.2, 0.25) is 0 Å². The van der Waals surface area contributed by atoms with Gasteiger partial charge in [-0.1, -0.05) is 103 Å². The smallest absolute Gasteiger partial charge is 0.164 e. The predicted octanol–water partition coefficient (Wildman–Crippen LogP) is 13.2. The van der Waals surface area contributed by atoms with Crippen molar-refractivity contribution in [2.75, 3.05) is 0 Å². The fraction of sp³-hybridized carbons (Fsp3) is 0. The maximum Gasteiger partial charge on any atom is 0.164 e. The summed E-state index contributed by atoms with van der Waals surface area (Å²) in [5, 5.41) is 7.27. The van der Waals surface area contributed by atoms with Crippen LogP contribution in [0.15, 0.2) is 156 Å². The minimum Gasteiger partial charge on any atom is -0.456 e. The number of hydrogen-bond acceptors (Lipinski definition) is 6. The zero-order chi connectivity index (χ0) is 33.5. The SMILES string of the molecule is c1ccc(-c2nc(-c3ccc4c(c3)oc3ccc(-c5cccc6sc7ccccc7c56)cc34)nc(-c3ccc4c(c3)sc3ccccc34)n2)cc1. The van der Waals surface area contributed by atoms with E-state index in [4.69, 9.17) is 19.4 Å². The molecule has 0 bridgehead atoms. The van der Waals surface area contributed by atoms with E-state index in [-0.39, 0.29) is 0 Å². The molecule has 238 valence electrons. The van der Waals surface area contributed by atoms with Gasteiger partial charge in [-0.2, -0.15) is 0 Å². The molecule has 0 unspecified atom stereocenters. The van der Waals surface area contributed by atoms with E-state index in [9.17, 15) is 0 Å². The second-order valence-corrected chi connectivity index (χ2v) is 14.9. The summed E-state index contributed by atoms with van der Waals surface area (Å²) in [6.07, 6.45) is 0. The molecule has 6 heteroatoms. The number of fused-ring (bicyclic) bond motifs is 9. The third kappa shape index (κ3) is 4.61. The third-order valence-electron chi connectivity index (χ3n) is 9.75. The van der Waals surface area contributed by atoms with Crippen LogP contribution in [0.25, 0.3) is 108 Å². The number of rotatable bonds is 4. The molecule has 11 aromatic rings. The van der Waals surface area contributed by atoms with Crippen LogP contribution in [0.2, 0.25) is 0 Å². The van der Waals surface area contributed by atoms with Crippen LogP contribution in [0.3, 0.4) is 0 Å². The van der Waals surface area contributed by atoms with Crippen molar-refractivity contribution < 1.29 is 4.42 Å². The minimum atomic E-state index is 0.606. The topological polar surface area (TPSA) is 51.8 Å². The quantitative estimate of drug-likeness (QED) is 0.185. The molecular weight excluding hydrogens is 663 g/mol. The average Bonchev–Trinajstić information content (AvgIpc) is 3.88. The standard InChI is InChI=1S/C45H25N3OS2/c1-2-9-26(10-3-1)43-46-44(48-45(47-43)29-18-21-33-32-11-4-6-14-38(32)51-41(33)25-29)28-17-20-31-35-23-27(19-22-36(35)49-37(31)24-28)30-13-8-16-40-42(30)34-12-5-7-15-39(34)50-40/h1-25H. The highest BCUT2D eigenvalue weighted by Crippen LogP contribution is 2.42. The van der Waals surface area contributed by atoms with Crippen molar-refractivity contribution in [3.05, 3.63) is 152 Å². The van der Waals surface area contributed by atoms with Gasteiger partial charge in [0.05, 0.1) is 0 Å². The van der Waals surface area contributed by atoms with Gasteiger partial charge in [-0.25, -0.2) is 15.0 Å². The molecule has 0 atom stereocenters. The lowest BCUT2D eigenvalue weighted by atomic mass is 9.98. The monoisotopic (exact) mass is 687 g/mol. The van der Waals surface area contributed by atoms with Crippen molar-refractivity contribution in [1.82, 2.24) is 15.0 Å². The normalized spacial score (nSPS) is 11.9. The molecule has 11 rings (SSSR count). The molecule has 0 saturated heterocycles. The highest BCUT2D eigenvalue weighted by atomic mass is 32.1. The van der Waals surface area contributed by atoms with Crippen molar-refractivity contribution in [2.24, 2.45) is 0 Å². The van der Waals surface area contributed by atoms with E-state index in [0.29, 0.717) is 17.5 Å². The molecule has 0 amide bonds. The lowest BCUT2D eigenvalue weighted by molar-refractivity contribution is 0.669. The van der Waals surface area contributed by atoms with Crippen LogP contribution < -0.4 is 0 Å². The zero-order valence-electron chi connectivity index (χ0n) is 27.0. The van der Waals surface area contributed by atoms with Crippen LogP contribution in [0.1, 0.15) is 0 Å². The summed E-state index contributed by atoms with van der Waals surface area (Å²) in [6, 6.07) is 53.2. The number of nitrogens with zero attached hydrogens (tertiary/aromatic N) is 3. The fourth-order valence-corrected chi connectivity index (χ4v) is 9.59. The van der Waals surface area contributed by atoms with E-state index in [1.165, 1.54) is 51.5 Å². The van der Waals surface area contributed by atoms with E-state index in [1.807, 2.05) is 41.7 Å². The van der Waals surface area contributed by atoms with Crippen molar-refractivity contribution in [1.29, 1.82) is 0 Å². The first-order valence-corrected chi connectivity index (χ1v) is 18.5. The molecule has 4 nitrogen and oxygen atoms in total. The number of furan rings is 1. The molecule has 0 N–H and O–H groups in total. The largest absolute Gasteiger partial charge is 0.456 e. The van der Waals surface area contributed by atoms with E-state index in [1.54, 1.807) is 11.3 Å². The van der Waals surface area contributed by atoms with Crippen molar-refractivity contribution >= 4 is 85.0 Å². The Kier molecular flexibility index (Phi) is 6.26. The van der Waals surface area contributed by atoms with Crippen LogP contribution >= 0.6 is 22.7 Å². The molecule has 7 aromatic carbocycles. The Balaban J connectivity index is 1.05. The summed E-state index contributed by atoms with van der Waals surface area (Å²) in [5.41, 5.74) is 6.84. The number of aromatic nitrogens is 3. The molecule has 0 aliphatic heterocycles. The van der Waals surface area contributed by atoms with Crippen molar-refractivity contribution in [3.8, 4) is 45.3 Å². The second-order valence-electron chi connectivity index (χ2n) is 12.8. The van der Waals surface area contributed by atoms with Gasteiger partial charge in [-0.05, 0) is 59.7 Å². The lowest BCUT2D eigenvalue weighted by Gasteiger charge is -2.08. The van der Waals surface area contributed by atoms with E-state index >= 15 is 0 Å². The summed E-state index contributed by atoms with van der Waals surface area (Å²) >= 11 is 3.64. The number of benzene rings is 7. The molecule has 51 heavy (non-hydrogen) atoms. The third-order valence-corrected chi connectivity index (χ3v) is 12.0. The van der Waals surface area contributed by atoms with Crippen LogP contribution in [-0.4, -0.2) is 15.0 Å². The summed E-state index contributed by atoms with van der Waals surface area (Å²) in [4.78, 5) is 15.1. The fourth-order valence-electron chi connectivity index (χ4n) is 7.31. The summed E-state index contributed by atoms with van der Waals surface area (Å²) in [5.74, 6) is 1.88. The molecular formula is C45H25N3OS2. The number of thiophene rings is 2. The van der Waals surface area contributed by atoms with Crippen LogP contribution in [0.4, 0.5) is 0 Å². The van der Waals surface area contributed by atoms with Gasteiger partial charge in [-0.3, -0.25) is 0 Å². The maximum atomic E-state index is 6.49. The van der Waals surface area contributed by atoms with Crippen molar-refractivity contribution in [2.45, 2.75) is 0 Å². The summed E-state index contributed by atoms with van der Waals surface area (Å²) < 4.78 is 11.6. The lowest BCUT2D eigenvalue weighted by Crippen LogP contribution is -2.00. The minimum absolute atomic E-state index is 0.606. The highest BCUT2D eigenvalue weighted by molar-refractivity contribution is 7.26. The summed E-state index contributed by atoms with van der Waals surface area (Å²) in [7, 11) is 0. The Bertz CT molecular complexity index is 3160. The van der Waals surface area contributed by atoms with E-state index in [0.717, 1.165) is 38.6 Å². The first-order chi connectivity index (χ1) is 25.2. The molecule has 0 aliphatic carbocycles. The second kappa shape index (κ2) is 11.2. The molecule has 0 aliphatic rings. The molecule has 0 spiro atoms. The van der Waals surface area contributed by atoms with Gasteiger partial charge in [0.15, 0.2) is 17.5 Å². The van der Waals surface area contributed by atoms with Crippen LogP contribution in [0.5, 0.6) is 0 Å². The van der Waals surface area contributed by atoms with Gasteiger partial charge in [0.25, 0.3) is 0 Å². The molecule has 0 fully saturated rings. The number of hydrogen-bond donors (Lipinski definition) is 0. The van der Waals surface area contributed by atoms with Gasteiger partial charge in [-0.15, -0.1) is 22.7 Å². The van der Waals surface area contributed by atoms with Gasteiger partial charge in [0.1, 0.15) is 11.2 Å². The maximum absolute atomic E-state index is 6.49. The summed E-state index contributed by atoms with van der Waals surface area (Å²) in [6.45, 7) is 0. The molecule has 4 heterocycles. The van der Waals surface area contributed by atoms with Crippen LogP contribution in [0, 0.1) is 0 Å².